The van der Waals surface area contributed by atoms with Crippen LogP contribution in [0.5, 0.6) is 0 Å². The Hall–Kier alpha value is -1.89. The molecule has 0 amide bonds. The molecule has 23 heavy (non-hydrogen) atoms. The second-order valence-electron chi connectivity index (χ2n) is 5.11. The first kappa shape index (κ1) is 19.2. The fraction of sp³-hybridized carbons (Fsp3) is 0.600. The summed E-state index contributed by atoms with van der Waals surface area (Å²) >= 11 is 6.16. The number of hydrogen-bond acceptors (Lipinski definition) is 7. The summed E-state index contributed by atoms with van der Waals surface area (Å²) in [7, 11) is 1.63. The molecule has 128 valence electrons. The minimum atomic E-state index is -0.626. The Morgan fingerprint density at radius 2 is 1.78 bits per heavy atom. The van der Waals surface area contributed by atoms with Gasteiger partial charge in [0.05, 0.1) is 13.2 Å². The lowest BCUT2D eigenvalue weighted by Gasteiger charge is -2.21. The largest absolute Gasteiger partial charge is 0.465 e. The molecule has 0 N–H and O–H groups in total. The van der Waals surface area contributed by atoms with Gasteiger partial charge in [0.15, 0.2) is 0 Å². The van der Waals surface area contributed by atoms with Crippen LogP contribution in [0.2, 0.25) is 5.15 Å². The van der Waals surface area contributed by atoms with Crippen LogP contribution in [0.25, 0.3) is 0 Å². The van der Waals surface area contributed by atoms with Gasteiger partial charge in [-0.1, -0.05) is 25.4 Å². The molecule has 0 bridgehead atoms. The Morgan fingerprint density at radius 1 is 1.17 bits per heavy atom. The quantitative estimate of drug-likeness (QED) is 0.555. The Kier molecular flexibility index (Phi) is 7.22. The highest BCUT2D eigenvalue weighted by Crippen LogP contribution is 2.27. The molecular weight excluding hydrogens is 322 g/mol. The third-order valence-corrected chi connectivity index (χ3v) is 3.17. The Morgan fingerprint density at radius 3 is 2.30 bits per heavy atom. The fourth-order valence-electron chi connectivity index (χ4n) is 1.83. The number of aromatic nitrogens is 2. The van der Waals surface area contributed by atoms with Gasteiger partial charge in [0.25, 0.3) is 0 Å². The van der Waals surface area contributed by atoms with Gasteiger partial charge in [-0.05, 0) is 13.8 Å². The molecule has 0 aliphatic heterocycles. The number of likely N-dealkylation sites (N-methyl/N-ethyl adjacent to an activating group) is 1. The van der Waals surface area contributed by atoms with Crippen LogP contribution in [0.1, 0.15) is 49.8 Å². The molecule has 0 saturated heterocycles. The van der Waals surface area contributed by atoms with Gasteiger partial charge in [-0.2, -0.15) is 0 Å². The lowest BCUT2D eigenvalue weighted by atomic mass is 10.2. The summed E-state index contributed by atoms with van der Waals surface area (Å²) in [5.41, 5.74) is 0.0460. The number of esters is 2. The van der Waals surface area contributed by atoms with E-state index in [4.69, 9.17) is 21.1 Å². The summed E-state index contributed by atoms with van der Waals surface area (Å²) < 4.78 is 9.92. The number of ether oxygens (including phenoxy) is 2. The Bertz CT molecular complexity index is 578. The molecule has 0 atom stereocenters. The zero-order valence-electron chi connectivity index (χ0n) is 14.1. The van der Waals surface area contributed by atoms with Crippen molar-refractivity contribution in [3.63, 3.8) is 0 Å². The van der Waals surface area contributed by atoms with Gasteiger partial charge >= 0.3 is 11.9 Å². The molecule has 0 saturated carbocycles. The van der Waals surface area contributed by atoms with Gasteiger partial charge in [0.1, 0.15) is 28.9 Å². The van der Waals surface area contributed by atoms with Crippen LogP contribution in [-0.4, -0.2) is 48.7 Å². The van der Waals surface area contributed by atoms with Crippen molar-refractivity contribution >= 4 is 29.4 Å². The van der Waals surface area contributed by atoms with Crippen molar-refractivity contribution < 1.29 is 19.1 Å². The highest BCUT2D eigenvalue weighted by atomic mass is 35.5. The van der Waals surface area contributed by atoms with Crippen molar-refractivity contribution in [3.05, 3.63) is 16.5 Å². The van der Waals surface area contributed by atoms with Crippen LogP contribution < -0.4 is 4.90 Å². The lowest BCUT2D eigenvalue weighted by molar-refractivity contribution is -0.141. The molecule has 0 fully saturated rings. The van der Waals surface area contributed by atoms with Crippen molar-refractivity contribution in [2.45, 2.75) is 33.6 Å². The first-order chi connectivity index (χ1) is 10.8. The maximum Gasteiger partial charge on any atom is 0.345 e. The summed E-state index contributed by atoms with van der Waals surface area (Å²) in [5.74, 6) is -0.309. The maximum atomic E-state index is 12.2. The summed E-state index contributed by atoms with van der Waals surface area (Å²) in [6.07, 6.45) is 0. The standard InChI is InChI=1S/C15H22ClN3O4/c1-6-22-10(20)8-19(5)14-11(15(21)23-7-2)12(16)17-13(18-14)9(3)4/h9H,6-8H2,1-5H3. The number of rotatable bonds is 7. The van der Waals surface area contributed by atoms with Gasteiger partial charge < -0.3 is 14.4 Å². The fourth-order valence-corrected chi connectivity index (χ4v) is 2.07. The SMILES string of the molecule is CCOC(=O)CN(C)c1nc(C(C)C)nc(Cl)c1C(=O)OCC. The lowest BCUT2D eigenvalue weighted by Crippen LogP contribution is -2.30. The molecular formula is C15H22ClN3O4. The van der Waals surface area contributed by atoms with E-state index in [0.717, 1.165) is 0 Å². The monoisotopic (exact) mass is 343 g/mol. The molecule has 1 aromatic rings. The van der Waals surface area contributed by atoms with E-state index in [1.165, 1.54) is 4.90 Å². The van der Waals surface area contributed by atoms with Crippen molar-refractivity contribution in [3.8, 4) is 0 Å². The van der Waals surface area contributed by atoms with E-state index in [9.17, 15) is 9.59 Å². The van der Waals surface area contributed by atoms with Crippen LogP contribution in [-0.2, 0) is 14.3 Å². The predicted molar refractivity (Wildman–Crippen MR) is 87.0 cm³/mol. The number of anilines is 1. The molecule has 7 nitrogen and oxygen atoms in total. The second-order valence-corrected chi connectivity index (χ2v) is 5.47. The number of hydrogen-bond donors (Lipinski definition) is 0. The Balaban J connectivity index is 3.28. The van der Waals surface area contributed by atoms with E-state index in [1.807, 2.05) is 13.8 Å². The van der Waals surface area contributed by atoms with Gasteiger partial charge in [0, 0.05) is 13.0 Å². The van der Waals surface area contributed by atoms with Crippen molar-refractivity contribution in [2.75, 3.05) is 31.7 Å². The van der Waals surface area contributed by atoms with Crippen LogP contribution in [0, 0.1) is 0 Å². The van der Waals surface area contributed by atoms with Gasteiger partial charge in [0.2, 0.25) is 0 Å². The van der Waals surface area contributed by atoms with Crippen molar-refractivity contribution in [2.24, 2.45) is 0 Å². The highest BCUT2D eigenvalue weighted by molar-refractivity contribution is 6.33. The van der Waals surface area contributed by atoms with E-state index < -0.39 is 11.9 Å². The molecule has 0 aromatic carbocycles. The Labute approximate surface area is 140 Å². The molecule has 0 radical (unpaired) electrons. The molecule has 1 aromatic heterocycles. The minimum absolute atomic E-state index is 0.00728. The summed E-state index contributed by atoms with van der Waals surface area (Å²) in [6, 6.07) is 0. The average molecular weight is 344 g/mol. The molecule has 0 spiro atoms. The van der Waals surface area contributed by atoms with Gasteiger partial charge in [-0.15, -0.1) is 0 Å². The third kappa shape index (κ3) is 5.06. The van der Waals surface area contributed by atoms with Crippen LogP contribution >= 0.6 is 11.6 Å². The number of nitrogens with zero attached hydrogens (tertiary/aromatic N) is 3. The third-order valence-electron chi connectivity index (χ3n) is 2.89. The summed E-state index contributed by atoms with van der Waals surface area (Å²) in [5, 5.41) is 0.00728. The topological polar surface area (TPSA) is 81.6 Å². The first-order valence-electron chi connectivity index (χ1n) is 7.43. The molecule has 0 unspecified atom stereocenters. The molecule has 8 heteroatoms. The van der Waals surface area contributed by atoms with E-state index in [0.29, 0.717) is 5.82 Å². The smallest absolute Gasteiger partial charge is 0.345 e. The first-order valence-corrected chi connectivity index (χ1v) is 7.80. The van der Waals surface area contributed by atoms with Crippen molar-refractivity contribution in [1.29, 1.82) is 0 Å². The van der Waals surface area contributed by atoms with E-state index in [2.05, 4.69) is 9.97 Å². The highest BCUT2D eigenvalue weighted by Gasteiger charge is 2.25. The number of halogens is 1. The second kappa shape index (κ2) is 8.67. The van der Waals surface area contributed by atoms with E-state index >= 15 is 0 Å². The molecule has 0 aliphatic rings. The normalized spacial score (nSPS) is 10.6. The van der Waals surface area contributed by atoms with Crippen LogP contribution in [0.3, 0.4) is 0 Å². The van der Waals surface area contributed by atoms with E-state index in [1.54, 1.807) is 20.9 Å². The average Bonchev–Trinajstić information content (AvgIpc) is 2.46. The zero-order valence-corrected chi connectivity index (χ0v) is 14.8. The van der Waals surface area contributed by atoms with Crippen LogP contribution in [0.4, 0.5) is 5.82 Å². The minimum Gasteiger partial charge on any atom is -0.465 e. The van der Waals surface area contributed by atoms with E-state index in [-0.39, 0.29) is 42.2 Å². The molecule has 1 rings (SSSR count). The predicted octanol–water partition coefficient (Wildman–Crippen LogP) is 2.43. The summed E-state index contributed by atoms with van der Waals surface area (Å²) in [6.45, 7) is 7.64. The van der Waals surface area contributed by atoms with Crippen molar-refractivity contribution in [1.82, 2.24) is 9.97 Å². The summed E-state index contributed by atoms with van der Waals surface area (Å²) in [4.78, 5) is 33.9. The number of carbonyl (C=O) groups excluding carboxylic acids is 2. The zero-order chi connectivity index (χ0) is 17.6. The van der Waals surface area contributed by atoms with Gasteiger partial charge in [-0.3, -0.25) is 4.79 Å². The molecule has 1 heterocycles. The maximum absolute atomic E-state index is 12.2. The molecule has 0 aliphatic carbocycles. The van der Waals surface area contributed by atoms with Gasteiger partial charge in [-0.25, -0.2) is 14.8 Å². The number of carbonyl (C=O) groups is 2. The van der Waals surface area contributed by atoms with Crippen LogP contribution in [0.15, 0.2) is 0 Å².